The van der Waals surface area contributed by atoms with E-state index in [-0.39, 0.29) is 5.91 Å². The topological polar surface area (TPSA) is 53.4 Å². The molecule has 2 heterocycles. The molecule has 22 heavy (non-hydrogen) atoms. The van der Waals surface area contributed by atoms with Crippen LogP contribution in [0.15, 0.2) is 12.3 Å². The minimum Gasteiger partial charge on any atom is -0.310 e. The number of amides is 1. The molecule has 0 aromatic carbocycles. The number of rotatable bonds is 5. The Morgan fingerprint density at radius 1 is 1.45 bits per heavy atom. The molecule has 1 aliphatic carbocycles. The molecule has 1 aliphatic heterocycles. The van der Waals surface area contributed by atoms with E-state index in [9.17, 15) is 4.79 Å². The van der Waals surface area contributed by atoms with Crippen LogP contribution in [0, 0.1) is 5.92 Å². The van der Waals surface area contributed by atoms with Gasteiger partial charge in [0, 0.05) is 31.7 Å². The number of aromatic nitrogens is 2. The molecule has 2 atom stereocenters. The number of piperazine rings is 1. The largest absolute Gasteiger partial charge is 0.310 e. The number of nitrogens with zero attached hydrogens (tertiary/aromatic N) is 4. The highest BCUT2D eigenvalue weighted by atomic mass is 16.2. The molecule has 2 fully saturated rings. The van der Waals surface area contributed by atoms with Crippen molar-refractivity contribution in [2.75, 3.05) is 38.5 Å². The molecule has 0 bridgehead atoms. The van der Waals surface area contributed by atoms with Crippen molar-refractivity contribution in [1.29, 1.82) is 0 Å². The summed E-state index contributed by atoms with van der Waals surface area (Å²) in [5.74, 6) is 1.60. The van der Waals surface area contributed by atoms with Crippen LogP contribution in [0.1, 0.15) is 32.7 Å². The zero-order chi connectivity index (χ0) is 15.7. The molecule has 2 aliphatic rings. The van der Waals surface area contributed by atoms with Crippen molar-refractivity contribution in [2.24, 2.45) is 5.92 Å². The van der Waals surface area contributed by atoms with Crippen LogP contribution in [-0.4, -0.2) is 64.8 Å². The highest BCUT2D eigenvalue weighted by molar-refractivity contribution is 5.91. The van der Waals surface area contributed by atoms with Gasteiger partial charge in [-0.15, -0.1) is 0 Å². The van der Waals surface area contributed by atoms with Crippen LogP contribution in [0.5, 0.6) is 0 Å². The van der Waals surface area contributed by atoms with Crippen LogP contribution in [0.25, 0.3) is 0 Å². The molecule has 0 spiro atoms. The van der Waals surface area contributed by atoms with Gasteiger partial charge in [0.25, 0.3) is 0 Å². The van der Waals surface area contributed by atoms with Crippen LogP contribution < -0.4 is 5.32 Å². The monoisotopic (exact) mass is 305 g/mol. The van der Waals surface area contributed by atoms with Gasteiger partial charge in [-0.1, -0.05) is 0 Å². The number of hydrogen-bond acceptors (Lipinski definition) is 4. The fourth-order valence-electron chi connectivity index (χ4n) is 3.30. The van der Waals surface area contributed by atoms with Crippen molar-refractivity contribution in [1.82, 2.24) is 19.6 Å². The predicted molar refractivity (Wildman–Crippen MR) is 86.8 cm³/mol. The third-order valence-electron chi connectivity index (χ3n) is 4.94. The predicted octanol–water partition coefficient (Wildman–Crippen LogP) is 1.43. The first-order valence-corrected chi connectivity index (χ1v) is 8.30. The van der Waals surface area contributed by atoms with Crippen molar-refractivity contribution in [3.8, 4) is 0 Å². The molecule has 1 amide bonds. The molecule has 1 saturated heterocycles. The van der Waals surface area contributed by atoms with Crippen molar-refractivity contribution >= 4 is 11.7 Å². The van der Waals surface area contributed by atoms with E-state index in [1.54, 1.807) is 6.20 Å². The van der Waals surface area contributed by atoms with Crippen molar-refractivity contribution in [3.05, 3.63) is 12.3 Å². The van der Waals surface area contributed by atoms with Gasteiger partial charge >= 0.3 is 0 Å². The van der Waals surface area contributed by atoms with Crippen molar-refractivity contribution in [2.45, 2.75) is 38.8 Å². The first kappa shape index (κ1) is 15.5. The molecule has 6 nitrogen and oxygen atoms in total. The van der Waals surface area contributed by atoms with Gasteiger partial charge in [-0.25, -0.2) is 4.68 Å². The number of nitrogens with one attached hydrogen (secondary N) is 1. The summed E-state index contributed by atoms with van der Waals surface area (Å²) in [6.07, 6.45) is 4.31. The Labute approximate surface area is 132 Å². The molecule has 6 heteroatoms. The van der Waals surface area contributed by atoms with Crippen molar-refractivity contribution < 1.29 is 4.79 Å². The minimum atomic E-state index is 0.0566. The van der Waals surface area contributed by atoms with E-state index in [0.29, 0.717) is 24.5 Å². The average molecular weight is 305 g/mol. The number of anilines is 1. The van der Waals surface area contributed by atoms with E-state index >= 15 is 0 Å². The van der Waals surface area contributed by atoms with Crippen LogP contribution in [0.3, 0.4) is 0 Å². The molecule has 122 valence electrons. The zero-order valence-corrected chi connectivity index (χ0v) is 13.8. The average Bonchev–Trinajstić information content (AvgIpc) is 3.22. The Hall–Kier alpha value is -1.40. The van der Waals surface area contributed by atoms with Gasteiger partial charge in [-0.05, 0) is 39.7 Å². The Balaban J connectivity index is 1.57. The zero-order valence-electron chi connectivity index (χ0n) is 13.8. The van der Waals surface area contributed by atoms with Crippen LogP contribution in [-0.2, 0) is 4.79 Å². The first-order chi connectivity index (χ1) is 10.5. The maximum absolute atomic E-state index is 12.4. The summed E-state index contributed by atoms with van der Waals surface area (Å²) in [6, 6.07) is 2.68. The van der Waals surface area contributed by atoms with Gasteiger partial charge in [-0.3, -0.25) is 9.69 Å². The lowest BCUT2D eigenvalue weighted by molar-refractivity contribution is -0.118. The quantitative estimate of drug-likeness (QED) is 0.894. The van der Waals surface area contributed by atoms with Gasteiger partial charge < -0.3 is 10.2 Å². The maximum Gasteiger partial charge on any atom is 0.239 e. The molecular formula is C16H27N5O. The summed E-state index contributed by atoms with van der Waals surface area (Å²) in [6.45, 7) is 7.81. The minimum absolute atomic E-state index is 0.0566. The Morgan fingerprint density at radius 2 is 2.23 bits per heavy atom. The van der Waals surface area contributed by atoms with Gasteiger partial charge in [-0.2, -0.15) is 5.10 Å². The van der Waals surface area contributed by atoms with E-state index in [0.717, 1.165) is 25.5 Å². The summed E-state index contributed by atoms with van der Waals surface area (Å²) >= 11 is 0. The summed E-state index contributed by atoms with van der Waals surface area (Å²) in [5, 5.41) is 7.42. The summed E-state index contributed by atoms with van der Waals surface area (Å²) in [7, 11) is 2.13. The maximum atomic E-state index is 12.4. The van der Waals surface area contributed by atoms with E-state index < -0.39 is 0 Å². The fraction of sp³-hybridized carbons (Fsp3) is 0.750. The third kappa shape index (κ3) is 3.50. The van der Waals surface area contributed by atoms with E-state index in [1.807, 2.05) is 10.7 Å². The van der Waals surface area contributed by atoms with Crippen LogP contribution in [0.2, 0.25) is 0 Å². The van der Waals surface area contributed by atoms with Gasteiger partial charge in [0.1, 0.15) is 5.82 Å². The van der Waals surface area contributed by atoms with Crippen LogP contribution in [0.4, 0.5) is 5.82 Å². The molecule has 2 unspecified atom stereocenters. The molecule has 0 radical (unpaired) electrons. The van der Waals surface area contributed by atoms with E-state index in [1.165, 1.54) is 12.8 Å². The smallest absolute Gasteiger partial charge is 0.239 e. The molecule has 3 rings (SSSR count). The number of carbonyl (C=O) groups is 1. The second kappa shape index (κ2) is 6.38. The van der Waals surface area contributed by atoms with E-state index in [2.05, 4.69) is 41.1 Å². The number of likely N-dealkylation sites (N-methyl/N-ethyl adjacent to an activating group) is 1. The lowest BCUT2D eigenvalue weighted by Crippen LogP contribution is -2.52. The van der Waals surface area contributed by atoms with E-state index in [4.69, 9.17) is 0 Å². The second-order valence-corrected chi connectivity index (χ2v) is 6.87. The highest BCUT2D eigenvalue weighted by Gasteiger charge is 2.31. The Bertz CT molecular complexity index is 524. The molecule has 1 N–H and O–H groups in total. The van der Waals surface area contributed by atoms with Gasteiger partial charge in [0.05, 0.1) is 18.8 Å². The first-order valence-electron chi connectivity index (χ1n) is 8.30. The Kier molecular flexibility index (Phi) is 4.49. The molecule has 1 saturated carbocycles. The number of carbonyl (C=O) groups excluding carboxylic acids is 1. The van der Waals surface area contributed by atoms with Gasteiger partial charge in [0.2, 0.25) is 5.91 Å². The lowest BCUT2D eigenvalue weighted by Gasteiger charge is -2.37. The standard InChI is InChI=1S/C16H27N5O/c1-12-10-19(3)8-9-20(12)11-16(22)18-15-6-7-17-21(15)13(2)14-4-5-14/h6-7,12-14H,4-5,8-11H2,1-3H3,(H,18,22). The molecule has 1 aromatic heterocycles. The third-order valence-corrected chi connectivity index (χ3v) is 4.94. The Morgan fingerprint density at radius 3 is 2.91 bits per heavy atom. The second-order valence-electron chi connectivity index (χ2n) is 6.87. The summed E-state index contributed by atoms with van der Waals surface area (Å²) < 4.78 is 1.96. The van der Waals surface area contributed by atoms with Crippen LogP contribution >= 0.6 is 0 Å². The SMILES string of the molecule is CC1CN(C)CCN1CC(=O)Nc1ccnn1C(C)C1CC1. The molecular weight excluding hydrogens is 278 g/mol. The van der Waals surface area contributed by atoms with Crippen molar-refractivity contribution in [3.63, 3.8) is 0 Å². The lowest BCUT2D eigenvalue weighted by atomic mass is 10.2. The number of hydrogen-bond donors (Lipinski definition) is 1. The molecule has 1 aromatic rings. The summed E-state index contributed by atoms with van der Waals surface area (Å²) in [5.41, 5.74) is 0. The fourth-order valence-corrected chi connectivity index (χ4v) is 3.30. The summed E-state index contributed by atoms with van der Waals surface area (Å²) in [4.78, 5) is 16.9. The van der Waals surface area contributed by atoms with Gasteiger partial charge in [0.15, 0.2) is 0 Å². The normalized spacial score (nSPS) is 25.1. The highest BCUT2D eigenvalue weighted by Crippen LogP contribution is 2.40.